The maximum atomic E-state index is 11.8. The highest BCUT2D eigenvalue weighted by atomic mass is 32.1. The molecule has 3 rings (SSSR count). The van der Waals surface area contributed by atoms with E-state index in [0.717, 1.165) is 23.9 Å². The lowest BCUT2D eigenvalue weighted by molar-refractivity contribution is -0.141. The quantitative estimate of drug-likeness (QED) is 0.867. The van der Waals surface area contributed by atoms with Crippen molar-refractivity contribution < 1.29 is 19.4 Å². The second kappa shape index (κ2) is 5.98. The van der Waals surface area contributed by atoms with Gasteiger partial charge >= 0.3 is 5.97 Å². The molecular formula is C13H17N3O4S. The van der Waals surface area contributed by atoms with E-state index in [9.17, 15) is 9.59 Å². The maximum absolute atomic E-state index is 11.8. The molecule has 1 aromatic rings. The summed E-state index contributed by atoms with van der Waals surface area (Å²) in [6.45, 7) is 3.75. The summed E-state index contributed by atoms with van der Waals surface area (Å²) >= 11 is 1.55. The van der Waals surface area contributed by atoms with Gasteiger partial charge in [0, 0.05) is 31.4 Å². The minimum Gasteiger partial charge on any atom is -0.481 e. The van der Waals surface area contributed by atoms with Crippen LogP contribution in [-0.2, 0) is 20.9 Å². The largest absolute Gasteiger partial charge is 0.481 e. The van der Waals surface area contributed by atoms with E-state index in [4.69, 9.17) is 9.84 Å². The van der Waals surface area contributed by atoms with Gasteiger partial charge in [-0.1, -0.05) is 0 Å². The van der Waals surface area contributed by atoms with Gasteiger partial charge in [0.2, 0.25) is 5.91 Å². The van der Waals surface area contributed by atoms with Crippen molar-refractivity contribution >= 4 is 28.3 Å². The molecule has 114 valence electrons. The summed E-state index contributed by atoms with van der Waals surface area (Å²) in [4.78, 5) is 31.1. The number of morpholine rings is 1. The summed E-state index contributed by atoms with van der Waals surface area (Å²) in [5.74, 6) is -1.60. The van der Waals surface area contributed by atoms with E-state index in [1.54, 1.807) is 16.2 Å². The molecule has 2 saturated heterocycles. The lowest BCUT2D eigenvalue weighted by Gasteiger charge is -2.26. The Kier molecular flexibility index (Phi) is 4.07. The van der Waals surface area contributed by atoms with E-state index >= 15 is 0 Å². The molecule has 8 heteroatoms. The number of hydrogen-bond acceptors (Lipinski definition) is 6. The lowest BCUT2D eigenvalue weighted by Crippen LogP contribution is -2.36. The number of carbonyl (C=O) groups is 2. The highest BCUT2D eigenvalue weighted by molar-refractivity contribution is 7.13. The van der Waals surface area contributed by atoms with Gasteiger partial charge in [-0.25, -0.2) is 4.98 Å². The number of carbonyl (C=O) groups excluding carboxylic acids is 1. The topological polar surface area (TPSA) is 83.0 Å². The van der Waals surface area contributed by atoms with E-state index in [-0.39, 0.29) is 18.9 Å². The Bertz CT molecular complexity index is 541. The molecular weight excluding hydrogens is 294 g/mol. The number of aliphatic carboxylic acids is 1. The van der Waals surface area contributed by atoms with Crippen molar-refractivity contribution in [2.75, 3.05) is 37.7 Å². The number of ether oxygens (including phenoxy) is 1. The Labute approximate surface area is 126 Å². The number of carboxylic acid groups (broad SMARTS) is 1. The first-order valence-corrected chi connectivity index (χ1v) is 7.79. The van der Waals surface area contributed by atoms with Crippen LogP contribution in [0.15, 0.2) is 5.38 Å². The standard InChI is InChI=1S/C13H17N3O4S/c17-11-5-9(12(18)19)6-16(11)7-10-8-21-13(14-10)15-1-3-20-4-2-15/h8-9H,1-7H2,(H,18,19). The Morgan fingerprint density at radius 1 is 1.48 bits per heavy atom. The summed E-state index contributed by atoms with van der Waals surface area (Å²) in [5, 5.41) is 11.9. The average molecular weight is 311 g/mol. The first kappa shape index (κ1) is 14.3. The summed E-state index contributed by atoms with van der Waals surface area (Å²) in [6, 6.07) is 0. The zero-order valence-electron chi connectivity index (χ0n) is 11.5. The second-order valence-electron chi connectivity index (χ2n) is 5.23. The van der Waals surface area contributed by atoms with Gasteiger partial charge in [0.1, 0.15) is 0 Å². The number of rotatable bonds is 4. The van der Waals surface area contributed by atoms with Gasteiger partial charge in [-0.2, -0.15) is 0 Å². The fourth-order valence-corrected chi connectivity index (χ4v) is 3.43. The summed E-state index contributed by atoms with van der Waals surface area (Å²) in [6.07, 6.45) is 0.0930. The van der Waals surface area contributed by atoms with Gasteiger partial charge in [-0.05, 0) is 0 Å². The molecule has 0 aliphatic carbocycles. The van der Waals surface area contributed by atoms with Crippen molar-refractivity contribution in [3.05, 3.63) is 11.1 Å². The van der Waals surface area contributed by atoms with E-state index in [1.807, 2.05) is 5.38 Å². The summed E-state index contributed by atoms with van der Waals surface area (Å²) in [5.41, 5.74) is 0.820. The molecule has 2 aliphatic heterocycles. The van der Waals surface area contributed by atoms with Gasteiger partial charge in [0.25, 0.3) is 0 Å². The van der Waals surface area contributed by atoms with Crippen molar-refractivity contribution in [3.63, 3.8) is 0 Å². The number of hydrogen-bond donors (Lipinski definition) is 1. The molecule has 1 amide bonds. The zero-order chi connectivity index (χ0) is 14.8. The lowest BCUT2D eigenvalue weighted by atomic mass is 10.1. The molecule has 3 heterocycles. The number of carboxylic acids is 1. The molecule has 21 heavy (non-hydrogen) atoms. The van der Waals surface area contributed by atoms with Crippen molar-refractivity contribution in [2.45, 2.75) is 13.0 Å². The fraction of sp³-hybridized carbons (Fsp3) is 0.615. The molecule has 0 bridgehead atoms. The Morgan fingerprint density at radius 3 is 2.90 bits per heavy atom. The van der Waals surface area contributed by atoms with Crippen LogP contribution in [0.5, 0.6) is 0 Å². The molecule has 0 aromatic carbocycles. The summed E-state index contributed by atoms with van der Waals surface area (Å²) in [7, 11) is 0. The number of anilines is 1. The van der Waals surface area contributed by atoms with Crippen molar-refractivity contribution in [1.29, 1.82) is 0 Å². The molecule has 1 unspecified atom stereocenters. The van der Waals surface area contributed by atoms with E-state index in [2.05, 4.69) is 9.88 Å². The number of aromatic nitrogens is 1. The van der Waals surface area contributed by atoms with Gasteiger partial charge in [0.05, 0.1) is 31.4 Å². The first-order valence-electron chi connectivity index (χ1n) is 6.91. The van der Waals surface area contributed by atoms with Gasteiger partial charge in [0.15, 0.2) is 5.13 Å². The minimum atomic E-state index is -0.905. The van der Waals surface area contributed by atoms with E-state index < -0.39 is 11.9 Å². The third kappa shape index (κ3) is 3.16. The van der Waals surface area contributed by atoms with E-state index in [0.29, 0.717) is 19.8 Å². The molecule has 0 saturated carbocycles. The number of thiazole rings is 1. The smallest absolute Gasteiger partial charge is 0.308 e. The number of likely N-dealkylation sites (tertiary alicyclic amines) is 1. The van der Waals surface area contributed by atoms with Crippen LogP contribution in [0.2, 0.25) is 0 Å². The maximum Gasteiger partial charge on any atom is 0.308 e. The van der Waals surface area contributed by atoms with Crippen LogP contribution in [0.25, 0.3) is 0 Å². The first-order chi connectivity index (χ1) is 10.1. The Balaban J connectivity index is 1.62. The molecule has 7 nitrogen and oxygen atoms in total. The van der Waals surface area contributed by atoms with Crippen LogP contribution >= 0.6 is 11.3 Å². The normalized spacial score (nSPS) is 22.9. The predicted octanol–water partition coefficient (Wildman–Crippen LogP) is 0.413. The third-order valence-corrected chi connectivity index (χ3v) is 4.69. The average Bonchev–Trinajstić information content (AvgIpc) is 3.08. The highest BCUT2D eigenvalue weighted by Crippen LogP contribution is 2.25. The molecule has 1 N–H and O–H groups in total. The van der Waals surface area contributed by atoms with Crippen LogP contribution in [0.4, 0.5) is 5.13 Å². The zero-order valence-corrected chi connectivity index (χ0v) is 12.3. The third-order valence-electron chi connectivity index (χ3n) is 3.74. The summed E-state index contributed by atoms with van der Waals surface area (Å²) < 4.78 is 5.31. The molecule has 2 fully saturated rings. The highest BCUT2D eigenvalue weighted by Gasteiger charge is 2.34. The SMILES string of the molecule is O=C(O)C1CC(=O)N(Cc2csc(N3CCOCC3)n2)C1. The van der Waals surface area contributed by atoms with Crippen LogP contribution < -0.4 is 4.90 Å². The number of nitrogens with zero attached hydrogens (tertiary/aromatic N) is 3. The van der Waals surface area contributed by atoms with Crippen LogP contribution in [-0.4, -0.2) is 59.7 Å². The fourth-order valence-electron chi connectivity index (χ4n) is 2.55. The molecule has 1 atom stereocenters. The molecule has 1 aromatic heterocycles. The van der Waals surface area contributed by atoms with Crippen molar-refractivity contribution in [2.24, 2.45) is 5.92 Å². The van der Waals surface area contributed by atoms with Crippen LogP contribution in [0.3, 0.4) is 0 Å². The second-order valence-corrected chi connectivity index (χ2v) is 6.07. The Morgan fingerprint density at radius 2 is 2.24 bits per heavy atom. The monoisotopic (exact) mass is 311 g/mol. The van der Waals surface area contributed by atoms with Gasteiger partial charge in [-0.3, -0.25) is 9.59 Å². The Hall–Kier alpha value is -1.67. The number of amides is 1. The van der Waals surface area contributed by atoms with Gasteiger partial charge < -0.3 is 19.6 Å². The van der Waals surface area contributed by atoms with E-state index in [1.165, 1.54) is 0 Å². The van der Waals surface area contributed by atoms with Crippen LogP contribution in [0.1, 0.15) is 12.1 Å². The molecule has 0 spiro atoms. The van der Waals surface area contributed by atoms with Gasteiger partial charge in [-0.15, -0.1) is 11.3 Å². The van der Waals surface area contributed by atoms with Crippen molar-refractivity contribution in [1.82, 2.24) is 9.88 Å². The predicted molar refractivity (Wildman–Crippen MR) is 76.3 cm³/mol. The minimum absolute atomic E-state index is 0.0930. The molecule has 2 aliphatic rings. The molecule has 0 radical (unpaired) electrons. The van der Waals surface area contributed by atoms with Crippen LogP contribution in [0, 0.1) is 5.92 Å². The van der Waals surface area contributed by atoms with Crippen molar-refractivity contribution in [3.8, 4) is 0 Å².